The zero-order chi connectivity index (χ0) is 9.19. The molecule has 1 rings (SSSR count). The highest BCUT2D eigenvalue weighted by Crippen LogP contribution is 2.27. The molecule has 0 radical (unpaired) electrons. The van der Waals surface area contributed by atoms with Crippen molar-refractivity contribution in [2.75, 3.05) is 0 Å². The van der Waals surface area contributed by atoms with Gasteiger partial charge in [0.05, 0.1) is 0 Å². The maximum atomic E-state index is 10.7. The summed E-state index contributed by atoms with van der Waals surface area (Å²) < 4.78 is 23.7. The molecular formula is C7H14ClNO2S. The molecule has 1 unspecified atom stereocenters. The van der Waals surface area contributed by atoms with Crippen LogP contribution in [0.4, 0.5) is 0 Å². The molecular weight excluding hydrogens is 198 g/mol. The molecule has 1 N–H and O–H groups in total. The summed E-state index contributed by atoms with van der Waals surface area (Å²) in [6.07, 6.45) is 4.64. The van der Waals surface area contributed by atoms with Crippen LogP contribution in [0.25, 0.3) is 0 Å². The molecule has 0 aromatic rings. The van der Waals surface area contributed by atoms with E-state index in [0.29, 0.717) is 5.92 Å². The number of nitrogens with one attached hydrogen (secondary N) is 1. The summed E-state index contributed by atoms with van der Waals surface area (Å²) in [5, 5.41) is 0. The average molecular weight is 212 g/mol. The van der Waals surface area contributed by atoms with E-state index in [9.17, 15) is 8.42 Å². The van der Waals surface area contributed by atoms with Gasteiger partial charge in [-0.1, -0.05) is 12.8 Å². The van der Waals surface area contributed by atoms with Crippen LogP contribution in [0.5, 0.6) is 0 Å². The Balaban J connectivity index is 2.42. The van der Waals surface area contributed by atoms with E-state index in [4.69, 9.17) is 10.7 Å². The smallest absolute Gasteiger partial charge is 0.199 e. The molecule has 3 nitrogen and oxygen atoms in total. The fourth-order valence-electron chi connectivity index (χ4n) is 1.78. The molecule has 0 heterocycles. The Morgan fingerprint density at radius 3 is 2.33 bits per heavy atom. The second-order valence-corrected chi connectivity index (χ2v) is 5.72. The zero-order valence-electron chi connectivity index (χ0n) is 7.09. The van der Waals surface area contributed by atoms with E-state index in [1.807, 2.05) is 6.92 Å². The van der Waals surface area contributed by atoms with Crippen LogP contribution < -0.4 is 4.72 Å². The van der Waals surface area contributed by atoms with Crippen molar-refractivity contribution in [3.63, 3.8) is 0 Å². The first-order chi connectivity index (χ1) is 5.49. The van der Waals surface area contributed by atoms with Gasteiger partial charge in [-0.05, 0) is 25.7 Å². The molecule has 0 aromatic heterocycles. The van der Waals surface area contributed by atoms with E-state index in [0.717, 1.165) is 12.8 Å². The molecule has 1 aliphatic rings. The van der Waals surface area contributed by atoms with Gasteiger partial charge in [0.15, 0.2) is 0 Å². The van der Waals surface area contributed by atoms with E-state index in [2.05, 4.69) is 4.72 Å². The Morgan fingerprint density at radius 1 is 1.42 bits per heavy atom. The van der Waals surface area contributed by atoms with Crippen molar-refractivity contribution in [2.24, 2.45) is 5.92 Å². The lowest BCUT2D eigenvalue weighted by atomic mass is 10.0. The molecule has 0 bridgehead atoms. The lowest BCUT2D eigenvalue weighted by Crippen LogP contribution is -2.34. The van der Waals surface area contributed by atoms with Crippen molar-refractivity contribution in [1.82, 2.24) is 4.72 Å². The minimum Gasteiger partial charge on any atom is -0.199 e. The van der Waals surface area contributed by atoms with Crippen LogP contribution in [0.15, 0.2) is 0 Å². The Labute approximate surface area is 78.0 Å². The van der Waals surface area contributed by atoms with Crippen molar-refractivity contribution >= 4 is 19.9 Å². The Kier molecular flexibility index (Phi) is 3.37. The first-order valence-electron chi connectivity index (χ1n) is 4.21. The van der Waals surface area contributed by atoms with Crippen molar-refractivity contribution in [3.05, 3.63) is 0 Å². The number of hydrogen-bond acceptors (Lipinski definition) is 2. The summed E-state index contributed by atoms with van der Waals surface area (Å²) in [6.45, 7) is 1.87. The summed E-state index contributed by atoms with van der Waals surface area (Å²) in [5.74, 6) is 0.471. The summed E-state index contributed by atoms with van der Waals surface area (Å²) in [5.41, 5.74) is 0. The average Bonchev–Trinajstić information content (AvgIpc) is 2.32. The van der Waals surface area contributed by atoms with Crippen LogP contribution in [0.2, 0.25) is 0 Å². The highest BCUT2D eigenvalue weighted by Gasteiger charge is 2.23. The van der Waals surface area contributed by atoms with Gasteiger partial charge < -0.3 is 0 Å². The summed E-state index contributed by atoms with van der Waals surface area (Å²) in [4.78, 5) is 0. The van der Waals surface area contributed by atoms with Gasteiger partial charge >= 0.3 is 0 Å². The monoisotopic (exact) mass is 211 g/mol. The van der Waals surface area contributed by atoms with Crippen LogP contribution in [0, 0.1) is 5.92 Å². The van der Waals surface area contributed by atoms with Gasteiger partial charge in [-0.3, -0.25) is 0 Å². The number of rotatable bonds is 3. The van der Waals surface area contributed by atoms with Gasteiger partial charge in [-0.15, -0.1) is 0 Å². The van der Waals surface area contributed by atoms with Gasteiger partial charge in [0.25, 0.3) is 9.24 Å². The van der Waals surface area contributed by atoms with Crippen LogP contribution >= 0.6 is 10.7 Å². The van der Waals surface area contributed by atoms with Gasteiger partial charge in [0, 0.05) is 16.7 Å². The lowest BCUT2D eigenvalue weighted by molar-refractivity contribution is 0.427. The maximum absolute atomic E-state index is 10.7. The molecule has 0 aliphatic heterocycles. The molecule has 0 amide bonds. The Morgan fingerprint density at radius 2 is 1.92 bits per heavy atom. The van der Waals surface area contributed by atoms with Crippen LogP contribution in [0.1, 0.15) is 32.6 Å². The summed E-state index contributed by atoms with van der Waals surface area (Å²) in [7, 11) is 1.53. The van der Waals surface area contributed by atoms with Crippen molar-refractivity contribution < 1.29 is 8.42 Å². The predicted octanol–water partition coefficient (Wildman–Crippen LogP) is 1.64. The van der Waals surface area contributed by atoms with E-state index in [1.54, 1.807) is 0 Å². The molecule has 1 aliphatic carbocycles. The topological polar surface area (TPSA) is 46.2 Å². The zero-order valence-corrected chi connectivity index (χ0v) is 8.66. The summed E-state index contributed by atoms with van der Waals surface area (Å²) in [6, 6.07) is -0.0185. The number of hydrogen-bond donors (Lipinski definition) is 1. The molecule has 0 spiro atoms. The minimum atomic E-state index is -3.54. The van der Waals surface area contributed by atoms with Crippen molar-refractivity contribution in [1.29, 1.82) is 0 Å². The van der Waals surface area contributed by atoms with Crippen molar-refractivity contribution in [3.8, 4) is 0 Å². The molecule has 0 saturated heterocycles. The molecule has 5 heteroatoms. The second kappa shape index (κ2) is 3.94. The predicted molar refractivity (Wildman–Crippen MR) is 49.3 cm³/mol. The standard InChI is InChI=1S/C7H14ClNO2S/c1-6(9-12(8,10)11)7-4-2-3-5-7/h6-7,9H,2-5H2,1H3. The normalized spacial score (nSPS) is 22.8. The third-order valence-electron chi connectivity index (χ3n) is 2.43. The van der Waals surface area contributed by atoms with Gasteiger partial charge in [-0.2, -0.15) is 13.1 Å². The van der Waals surface area contributed by atoms with Crippen LogP contribution in [-0.4, -0.2) is 14.5 Å². The lowest BCUT2D eigenvalue weighted by Gasteiger charge is -2.17. The van der Waals surface area contributed by atoms with Crippen LogP contribution in [0.3, 0.4) is 0 Å². The molecule has 12 heavy (non-hydrogen) atoms. The highest BCUT2D eigenvalue weighted by atomic mass is 35.7. The molecule has 72 valence electrons. The second-order valence-electron chi connectivity index (χ2n) is 3.39. The molecule has 0 aromatic carbocycles. The van der Waals surface area contributed by atoms with E-state index < -0.39 is 9.24 Å². The van der Waals surface area contributed by atoms with Crippen molar-refractivity contribution in [2.45, 2.75) is 38.6 Å². The quantitative estimate of drug-likeness (QED) is 0.722. The van der Waals surface area contributed by atoms with Crippen LogP contribution in [-0.2, 0) is 9.24 Å². The fourth-order valence-corrected chi connectivity index (χ4v) is 2.83. The molecule has 1 atom stereocenters. The van der Waals surface area contributed by atoms with Gasteiger partial charge in [-0.25, -0.2) is 0 Å². The first-order valence-corrected chi connectivity index (χ1v) is 6.52. The van der Waals surface area contributed by atoms with Gasteiger partial charge in [0.2, 0.25) is 0 Å². The maximum Gasteiger partial charge on any atom is 0.297 e. The Hall–Kier alpha value is 0.200. The first kappa shape index (κ1) is 10.3. The van der Waals surface area contributed by atoms with E-state index in [1.165, 1.54) is 12.8 Å². The minimum absolute atomic E-state index is 0.0185. The number of halogens is 1. The molecule has 1 fully saturated rings. The highest BCUT2D eigenvalue weighted by molar-refractivity contribution is 8.12. The van der Waals surface area contributed by atoms with E-state index in [-0.39, 0.29) is 6.04 Å². The largest absolute Gasteiger partial charge is 0.297 e. The third kappa shape index (κ3) is 3.29. The fraction of sp³-hybridized carbons (Fsp3) is 1.00. The Bertz CT molecular complexity index is 234. The molecule has 1 saturated carbocycles. The SMILES string of the molecule is CC(NS(=O)(=O)Cl)C1CCCC1. The third-order valence-corrected chi connectivity index (χ3v) is 3.35. The van der Waals surface area contributed by atoms with E-state index >= 15 is 0 Å². The summed E-state index contributed by atoms with van der Waals surface area (Å²) >= 11 is 0. The van der Waals surface area contributed by atoms with Gasteiger partial charge in [0.1, 0.15) is 0 Å².